The Labute approximate surface area is 202 Å². The number of nitrogens with one attached hydrogen (secondary N) is 1. The first-order valence-corrected chi connectivity index (χ1v) is 11.5. The number of benzene rings is 2. The molecular weight excluding hydrogens is 454 g/mol. The summed E-state index contributed by atoms with van der Waals surface area (Å²) in [5.74, 6) is -1.54. The smallest absolute Gasteiger partial charge is 0.341 e. The summed E-state index contributed by atoms with van der Waals surface area (Å²) in [6.45, 7) is 2.77. The van der Waals surface area contributed by atoms with Crippen molar-refractivity contribution in [2.24, 2.45) is 0 Å². The van der Waals surface area contributed by atoms with Crippen LogP contribution in [0.1, 0.15) is 41.5 Å². The fourth-order valence-electron chi connectivity index (χ4n) is 4.37. The molecule has 0 aliphatic carbocycles. The van der Waals surface area contributed by atoms with E-state index in [1.807, 2.05) is 30.3 Å². The topological polar surface area (TPSA) is 84.4 Å². The molecule has 0 radical (unpaired) electrons. The van der Waals surface area contributed by atoms with Crippen molar-refractivity contribution in [3.05, 3.63) is 89.5 Å². The number of para-hydroxylation sites is 1. The number of ether oxygens (including phenoxy) is 1. The van der Waals surface area contributed by atoms with Gasteiger partial charge in [0.25, 0.3) is 0 Å². The van der Waals surface area contributed by atoms with Crippen LogP contribution in [0.15, 0.2) is 60.9 Å². The molecule has 7 nitrogen and oxygen atoms in total. The van der Waals surface area contributed by atoms with Gasteiger partial charge in [0.05, 0.1) is 12.2 Å². The van der Waals surface area contributed by atoms with Crippen molar-refractivity contribution >= 4 is 17.7 Å². The summed E-state index contributed by atoms with van der Waals surface area (Å²) < 4.78 is 32.9. The van der Waals surface area contributed by atoms with Crippen LogP contribution in [0.25, 0.3) is 0 Å². The number of piperidine rings is 1. The fraction of sp³-hybridized carbons (Fsp3) is 0.308. The van der Waals surface area contributed by atoms with E-state index in [1.165, 1.54) is 18.5 Å². The van der Waals surface area contributed by atoms with Gasteiger partial charge in [-0.3, -0.25) is 0 Å². The standard InChI is InChI=1S/C26H26F2N4O3/c1-2-35-24(33)18-16-29-22(30-17-18)15-26(19-7-4-3-5-8-19)11-13-32(14-12-26)25(34)31-23-20(27)9-6-10-21(23)28/h3-10,16-17H,2,11-15H2,1H3,(H,31,34). The minimum Gasteiger partial charge on any atom is -0.462 e. The minimum absolute atomic E-state index is 0.269. The van der Waals surface area contributed by atoms with Crippen LogP contribution in [-0.2, 0) is 16.6 Å². The first-order chi connectivity index (χ1) is 16.9. The largest absolute Gasteiger partial charge is 0.462 e. The third-order valence-electron chi connectivity index (χ3n) is 6.30. The zero-order chi connectivity index (χ0) is 24.8. The van der Waals surface area contributed by atoms with Crippen molar-refractivity contribution in [2.75, 3.05) is 25.0 Å². The molecular formula is C26H26F2N4O3. The van der Waals surface area contributed by atoms with Gasteiger partial charge in [-0.25, -0.2) is 28.3 Å². The monoisotopic (exact) mass is 480 g/mol. The number of rotatable bonds is 6. The highest BCUT2D eigenvalue weighted by atomic mass is 19.1. The number of carbonyl (C=O) groups is 2. The molecule has 1 aliphatic heterocycles. The highest BCUT2D eigenvalue weighted by Crippen LogP contribution is 2.38. The molecule has 3 aromatic rings. The maximum absolute atomic E-state index is 14.0. The second-order valence-corrected chi connectivity index (χ2v) is 8.45. The number of hydrogen-bond donors (Lipinski definition) is 1. The van der Waals surface area contributed by atoms with Gasteiger partial charge in [-0.15, -0.1) is 0 Å². The van der Waals surface area contributed by atoms with Gasteiger partial charge in [0.15, 0.2) is 0 Å². The van der Waals surface area contributed by atoms with Gasteiger partial charge in [0, 0.05) is 37.3 Å². The lowest BCUT2D eigenvalue weighted by atomic mass is 9.70. The molecule has 0 atom stereocenters. The molecule has 2 heterocycles. The maximum atomic E-state index is 14.0. The van der Waals surface area contributed by atoms with Crippen LogP contribution >= 0.6 is 0 Å². The molecule has 0 unspecified atom stereocenters. The average Bonchev–Trinajstić information content (AvgIpc) is 2.88. The van der Waals surface area contributed by atoms with E-state index in [9.17, 15) is 18.4 Å². The van der Waals surface area contributed by atoms with Crippen LogP contribution in [0.5, 0.6) is 0 Å². The zero-order valence-electron chi connectivity index (χ0n) is 19.3. The van der Waals surface area contributed by atoms with E-state index >= 15 is 0 Å². The molecule has 2 amide bonds. The SMILES string of the molecule is CCOC(=O)c1cnc(CC2(c3ccccc3)CCN(C(=O)Nc3c(F)cccc3F)CC2)nc1. The van der Waals surface area contributed by atoms with E-state index in [1.54, 1.807) is 11.8 Å². The molecule has 1 fully saturated rings. The second kappa shape index (κ2) is 10.6. The maximum Gasteiger partial charge on any atom is 0.341 e. The zero-order valence-corrected chi connectivity index (χ0v) is 19.3. The summed E-state index contributed by atoms with van der Waals surface area (Å²) in [4.78, 5) is 35.0. The number of carbonyl (C=O) groups excluding carboxylic acids is 2. The second-order valence-electron chi connectivity index (χ2n) is 8.45. The van der Waals surface area contributed by atoms with Gasteiger partial charge in [-0.05, 0) is 37.5 Å². The number of nitrogens with zero attached hydrogens (tertiary/aromatic N) is 3. The highest BCUT2D eigenvalue weighted by Gasteiger charge is 2.38. The van der Waals surface area contributed by atoms with Crippen molar-refractivity contribution in [3.8, 4) is 0 Å². The Hall–Kier alpha value is -3.88. The number of amides is 2. The van der Waals surface area contributed by atoms with Crippen LogP contribution in [-0.4, -0.2) is 46.6 Å². The Morgan fingerprint density at radius 1 is 1.00 bits per heavy atom. The molecule has 4 rings (SSSR count). The summed E-state index contributed by atoms with van der Waals surface area (Å²) in [5, 5.41) is 2.36. The third-order valence-corrected chi connectivity index (χ3v) is 6.30. The van der Waals surface area contributed by atoms with Crippen LogP contribution in [0, 0.1) is 11.6 Å². The molecule has 1 saturated heterocycles. The van der Waals surface area contributed by atoms with Gasteiger partial charge in [0.2, 0.25) is 0 Å². The van der Waals surface area contributed by atoms with Crippen molar-refractivity contribution in [1.82, 2.24) is 14.9 Å². The Balaban J connectivity index is 1.50. The number of hydrogen-bond acceptors (Lipinski definition) is 5. The highest BCUT2D eigenvalue weighted by molar-refractivity contribution is 5.90. The van der Waals surface area contributed by atoms with Gasteiger partial charge < -0.3 is 15.0 Å². The van der Waals surface area contributed by atoms with Crippen LogP contribution in [0.3, 0.4) is 0 Å². The molecule has 0 bridgehead atoms. The predicted octanol–water partition coefficient (Wildman–Crippen LogP) is 4.74. The molecule has 0 spiro atoms. The lowest BCUT2D eigenvalue weighted by molar-refractivity contribution is 0.0525. The molecule has 1 N–H and O–H groups in total. The number of aromatic nitrogens is 2. The lowest BCUT2D eigenvalue weighted by Crippen LogP contribution is -2.48. The van der Waals surface area contributed by atoms with Crippen molar-refractivity contribution in [3.63, 3.8) is 0 Å². The quantitative estimate of drug-likeness (QED) is 0.515. The Bertz CT molecular complexity index is 1160. The number of anilines is 1. The Kier molecular flexibility index (Phi) is 7.33. The van der Waals surface area contributed by atoms with E-state index in [0.29, 0.717) is 38.2 Å². The van der Waals surface area contributed by atoms with Gasteiger partial charge in [-0.2, -0.15) is 0 Å². The van der Waals surface area contributed by atoms with Crippen molar-refractivity contribution in [2.45, 2.75) is 31.6 Å². The molecule has 1 aliphatic rings. The number of halogens is 2. The van der Waals surface area contributed by atoms with Crippen molar-refractivity contribution < 1.29 is 23.1 Å². The number of urea groups is 1. The normalized spacial score (nSPS) is 14.9. The molecule has 2 aromatic carbocycles. The minimum atomic E-state index is -0.822. The van der Waals surface area contributed by atoms with E-state index < -0.39 is 29.3 Å². The fourth-order valence-corrected chi connectivity index (χ4v) is 4.37. The Morgan fingerprint density at radius 3 is 2.23 bits per heavy atom. The summed E-state index contributed by atoms with van der Waals surface area (Å²) in [6, 6.07) is 12.8. The van der Waals surface area contributed by atoms with Gasteiger partial charge >= 0.3 is 12.0 Å². The van der Waals surface area contributed by atoms with E-state index in [4.69, 9.17) is 4.74 Å². The third kappa shape index (κ3) is 5.45. The van der Waals surface area contributed by atoms with Gasteiger partial charge in [0.1, 0.15) is 23.1 Å². The summed E-state index contributed by atoms with van der Waals surface area (Å²) in [6.07, 6.45) is 4.65. The van der Waals surface area contributed by atoms with Gasteiger partial charge in [-0.1, -0.05) is 36.4 Å². The van der Waals surface area contributed by atoms with E-state index in [-0.39, 0.29) is 17.6 Å². The van der Waals surface area contributed by atoms with Crippen molar-refractivity contribution in [1.29, 1.82) is 0 Å². The average molecular weight is 481 g/mol. The summed E-state index contributed by atoms with van der Waals surface area (Å²) in [5.41, 5.74) is 0.592. The molecule has 0 saturated carbocycles. The van der Waals surface area contributed by atoms with Crippen LogP contribution in [0.4, 0.5) is 19.3 Å². The summed E-state index contributed by atoms with van der Waals surface area (Å²) in [7, 11) is 0. The molecule has 35 heavy (non-hydrogen) atoms. The summed E-state index contributed by atoms with van der Waals surface area (Å²) >= 11 is 0. The number of esters is 1. The Morgan fingerprint density at radius 2 is 1.63 bits per heavy atom. The lowest BCUT2D eigenvalue weighted by Gasteiger charge is -2.42. The number of likely N-dealkylation sites (tertiary alicyclic amines) is 1. The first-order valence-electron chi connectivity index (χ1n) is 11.5. The predicted molar refractivity (Wildman–Crippen MR) is 126 cm³/mol. The van der Waals surface area contributed by atoms with E-state index in [0.717, 1.165) is 17.7 Å². The first kappa shape index (κ1) is 24.3. The van der Waals surface area contributed by atoms with Crippen LogP contribution < -0.4 is 5.32 Å². The molecule has 1 aromatic heterocycles. The molecule has 9 heteroatoms. The van der Waals surface area contributed by atoms with Crippen LogP contribution in [0.2, 0.25) is 0 Å². The van der Waals surface area contributed by atoms with E-state index in [2.05, 4.69) is 15.3 Å². The molecule has 182 valence electrons.